The van der Waals surface area contributed by atoms with E-state index in [0.29, 0.717) is 19.3 Å². The topological polar surface area (TPSA) is 175 Å². The molecule has 0 aliphatic carbocycles. The maximum atomic E-state index is 13.3. The molecular weight excluding hydrogens is 859 g/mol. The number of allylic oxidation sites excluding steroid dienone is 1. The molecular formula is C57H109NO10. The van der Waals surface area contributed by atoms with E-state index in [-0.39, 0.29) is 13.0 Å². The number of esters is 1. The first-order chi connectivity index (χ1) is 33.2. The number of ether oxygens (including phenoxy) is 3. The average Bonchev–Trinajstić information content (AvgIpc) is 3.33. The molecule has 11 heteroatoms. The second-order valence-electron chi connectivity index (χ2n) is 20.4. The maximum Gasteiger partial charge on any atom is 0.306 e. The molecule has 402 valence electrons. The molecule has 0 bridgehead atoms. The van der Waals surface area contributed by atoms with E-state index < -0.39 is 67.4 Å². The van der Waals surface area contributed by atoms with Crippen LogP contribution in [0, 0.1) is 0 Å². The Balaban J connectivity index is 2.73. The van der Waals surface area contributed by atoms with Crippen LogP contribution in [-0.2, 0) is 23.8 Å². The van der Waals surface area contributed by atoms with Crippen molar-refractivity contribution < 1.29 is 49.3 Å². The number of unbranched alkanes of at least 4 members (excludes halogenated alkanes) is 35. The van der Waals surface area contributed by atoms with Crippen LogP contribution in [-0.4, -0.2) is 99.6 Å². The monoisotopic (exact) mass is 968 g/mol. The molecule has 1 amide bonds. The zero-order valence-electron chi connectivity index (χ0n) is 44.2. The minimum Gasteiger partial charge on any atom is -0.454 e. The molecule has 1 heterocycles. The number of amides is 1. The van der Waals surface area contributed by atoms with Crippen molar-refractivity contribution in [2.24, 2.45) is 0 Å². The second kappa shape index (κ2) is 46.5. The van der Waals surface area contributed by atoms with E-state index in [0.717, 1.165) is 57.8 Å². The average molecular weight is 968 g/mol. The Hall–Kier alpha value is -1.60. The van der Waals surface area contributed by atoms with E-state index in [4.69, 9.17) is 14.2 Å². The SMILES string of the molecule is CCCCCCCCCCCCC/C=C/C(O)C(COC1OC(CO)C(O)C(O)C1OC(=O)CCCCCCCCCCCCCCCC)NC(=O)C(O)CCCCCCCCCCCCCC. The molecule has 0 aromatic heterocycles. The van der Waals surface area contributed by atoms with Crippen LogP contribution in [0.4, 0.5) is 0 Å². The van der Waals surface area contributed by atoms with Crippen molar-refractivity contribution in [2.45, 2.75) is 327 Å². The third kappa shape index (κ3) is 34.7. The quantitative estimate of drug-likeness (QED) is 0.0196. The van der Waals surface area contributed by atoms with E-state index in [1.54, 1.807) is 6.08 Å². The van der Waals surface area contributed by atoms with Crippen molar-refractivity contribution in [1.82, 2.24) is 5.32 Å². The summed E-state index contributed by atoms with van der Waals surface area (Å²) >= 11 is 0. The Kier molecular flexibility index (Phi) is 44.0. The summed E-state index contributed by atoms with van der Waals surface area (Å²) in [6.07, 6.45) is 39.6. The fourth-order valence-corrected chi connectivity index (χ4v) is 9.30. The molecule has 0 saturated carbocycles. The van der Waals surface area contributed by atoms with Gasteiger partial charge in [-0.1, -0.05) is 258 Å². The van der Waals surface area contributed by atoms with Gasteiger partial charge in [-0.25, -0.2) is 0 Å². The van der Waals surface area contributed by atoms with Crippen molar-refractivity contribution in [3.05, 3.63) is 12.2 Å². The number of rotatable bonds is 49. The van der Waals surface area contributed by atoms with E-state index in [2.05, 4.69) is 26.1 Å². The van der Waals surface area contributed by atoms with Gasteiger partial charge in [-0.15, -0.1) is 0 Å². The van der Waals surface area contributed by atoms with Gasteiger partial charge in [0, 0.05) is 6.42 Å². The minimum absolute atomic E-state index is 0.131. The Morgan fingerprint density at radius 3 is 1.38 bits per heavy atom. The van der Waals surface area contributed by atoms with Gasteiger partial charge >= 0.3 is 5.97 Å². The Morgan fingerprint density at radius 2 is 0.956 bits per heavy atom. The summed E-state index contributed by atoms with van der Waals surface area (Å²) < 4.78 is 17.6. The number of aliphatic hydroxyl groups is 5. The summed E-state index contributed by atoms with van der Waals surface area (Å²) in [6, 6.07) is -1.01. The Bertz CT molecular complexity index is 1160. The van der Waals surface area contributed by atoms with Crippen LogP contribution in [0.5, 0.6) is 0 Å². The lowest BCUT2D eigenvalue weighted by atomic mass is 9.99. The van der Waals surface area contributed by atoms with Gasteiger partial charge in [-0.3, -0.25) is 9.59 Å². The van der Waals surface area contributed by atoms with Crippen LogP contribution in [0.2, 0.25) is 0 Å². The number of hydrogen-bond donors (Lipinski definition) is 6. The van der Waals surface area contributed by atoms with Gasteiger partial charge in [-0.05, 0) is 25.7 Å². The number of nitrogens with one attached hydrogen (secondary N) is 1. The number of carbonyl (C=O) groups is 2. The molecule has 1 aliphatic rings. The summed E-state index contributed by atoms with van der Waals surface area (Å²) in [5, 5.41) is 56.8. The number of carbonyl (C=O) groups excluding carboxylic acids is 2. The van der Waals surface area contributed by atoms with Gasteiger partial charge in [0.15, 0.2) is 12.4 Å². The van der Waals surface area contributed by atoms with Gasteiger partial charge in [0.1, 0.15) is 24.4 Å². The molecule has 0 radical (unpaired) electrons. The summed E-state index contributed by atoms with van der Waals surface area (Å²) in [5.41, 5.74) is 0. The highest BCUT2D eigenvalue weighted by Crippen LogP contribution is 2.26. The van der Waals surface area contributed by atoms with Crippen LogP contribution < -0.4 is 5.32 Å². The smallest absolute Gasteiger partial charge is 0.306 e. The fraction of sp³-hybridized carbons (Fsp3) is 0.930. The zero-order valence-corrected chi connectivity index (χ0v) is 44.2. The highest BCUT2D eigenvalue weighted by atomic mass is 16.7. The van der Waals surface area contributed by atoms with E-state index in [1.165, 1.54) is 173 Å². The molecule has 8 atom stereocenters. The molecule has 1 fully saturated rings. The van der Waals surface area contributed by atoms with Crippen LogP contribution in [0.3, 0.4) is 0 Å². The lowest BCUT2D eigenvalue weighted by molar-refractivity contribution is -0.305. The zero-order chi connectivity index (χ0) is 49.7. The summed E-state index contributed by atoms with van der Waals surface area (Å²) in [5.74, 6) is -1.18. The second-order valence-corrected chi connectivity index (χ2v) is 20.4. The predicted octanol–water partition coefficient (Wildman–Crippen LogP) is 12.8. The van der Waals surface area contributed by atoms with Crippen molar-refractivity contribution in [3.63, 3.8) is 0 Å². The molecule has 1 rings (SSSR count). The van der Waals surface area contributed by atoms with Crippen LogP contribution in [0.15, 0.2) is 12.2 Å². The molecule has 68 heavy (non-hydrogen) atoms. The molecule has 0 aromatic carbocycles. The van der Waals surface area contributed by atoms with Crippen molar-refractivity contribution in [2.75, 3.05) is 13.2 Å². The highest BCUT2D eigenvalue weighted by Gasteiger charge is 2.47. The highest BCUT2D eigenvalue weighted by molar-refractivity contribution is 5.80. The van der Waals surface area contributed by atoms with Crippen LogP contribution >= 0.6 is 0 Å². The third-order valence-electron chi connectivity index (χ3n) is 13.9. The van der Waals surface area contributed by atoms with E-state index >= 15 is 0 Å². The van der Waals surface area contributed by atoms with Crippen LogP contribution in [0.1, 0.15) is 278 Å². The molecule has 6 N–H and O–H groups in total. The predicted molar refractivity (Wildman–Crippen MR) is 278 cm³/mol. The number of aliphatic hydroxyl groups excluding tert-OH is 5. The largest absolute Gasteiger partial charge is 0.454 e. The molecule has 11 nitrogen and oxygen atoms in total. The van der Waals surface area contributed by atoms with Crippen LogP contribution in [0.25, 0.3) is 0 Å². The Morgan fingerprint density at radius 1 is 0.559 bits per heavy atom. The maximum absolute atomic E-state index is 13.3. The van der Waals surface area contributed by atoms with Gasteiger partial charge in [0.25, 0.3) is 0 Å². The molecule has 0 aromatic rings. The van der Waals surface area contributed by atoms with E-state index in [9.17, 15) is 35.1 Å². The van der Waals surface area contributed by atoms with Gasteiger partial charge in [-0.2, -0.15) is 0 Å². The molecule has 1 saturated heterocycles. The summed E-state index contributed by atoms with van der Waals surface area (Å²) in [4.78, 5) is 26.4. The van der Waals surface area contributed by atoms with Gasteiger partial charge < -0.3 is 45.1 Å². The molecule has 0 spiro atoms. The van der Waals surface area contributed by atoms with Gasteiger partial charge in [0.2, 0.25) is 5.91 Å². The van der Waals surface area contributed by atoms with E-state index in [1.807, 2.05) is 6.08 Å². The normalized spacial score (nSPS) is 19.9. The number of hydrogen-bond acceptors (Lipinski definition) is 10. The van der Waals surface area contributed by atoms with Crippen molar-refractivity contribution in [1.29, 1.82) is 0 Å². The van der Waals surface area contributed by atoms with Crippen molar-refractivity contribution in [3.8, 4) is 0 Å². The standard InChI is InChI=1S/C57H109NO10/c1-4-7-10-13-16-19-22-25-27-30-33-36-39-42-45-52(62)68-55-54(64)53(63)51(46-59)67-57(55)66-47-48(49(60)43-40-37-34-31-29-26-23-20-17-14-11-8-5-2)58-56(65)50(61)44-41-38-35-32-28-24-21-18-15-12-9-6-3/h40,43,48-51,53-55,57,59-61,63-64H,4-39,41-42,44-47H2,1-3H3,(H,58,65)/b43-40+. The fourth-order valence-electron chi connectivity index (χ4n) is 9.30. The summed E-state index contributed by atoms with van der Waals surface area (Å²) in [7, 11) is 0. The van der Waals surface area contributed by atoms with Crippen molar-refractivity contribution >= 4 is 11.9 Å². The lowest BCUT2D eigenvalue weighted by Gasteiger charge is -2.41. The Labute approximate surface area is 417 Å². The summed E-state index contributed by atoms with van der Waals surface area (Å²) in [6.45, 7) is 5.79. The van der Waals surface area contributed by atoms with Gasteiger partial charge in [0.05, 0.1) is 25.4 Å². The third-order valence-corrected chi connectivity index (χ3v) is 13.9. The first-order valence-electron chi connectivity index (χ1n) is 29.0. The first-order valence-corrected chi connectivity index (χ1v) is 29.0. The lowest BCUT2D eigenvalue weighted by Crippen LogP contribution is -2.61. The first kappa shape index (κ1) is 64.4. The molecule has 1 aliphatic heterocycles. The minimum atomic E-state index is -1.60. The molecule has 8 unspecified atom stereocenters.